The molecule has 3 aliphatic rings. The molecule has 5 rings (SSSR count). The number of hydrogen-bond acceptors (Lipinski definition) is 7. The van der Waals surface area contributed by atoms with Crippen LogP contribution in [-0.4, -0.2) is 54.2 Å². The molecule has 0 spiro atoms. The number of fused-ring (bicyclic) bond motifs is 1. The van der Waals surface area contributed by atoms with E-state index in [4.69, 9.17) is 14.2 Å². The molecule has 0 saturated carbocycles. The SMILES string of the molecule is O=C1C(=O)N(C[C@@H]2CCCO2)[C@@H](c2cccs2)C1=C(O)c1ccc2c(c1)OCCO2. The van der Waals surface area contributed by atoms with E-state index in [2.05, 4.69) is 0 Å². The fourth-order valence-corrected chi connectivity index (χ4v) is 5.01. The van der Waals surface area contributed by atoms with E-state index in [9.17, 15) is 14.7 Å². The van der Waals surface area contributed by atoms with Crippen LogP contribution in [0.25, 0.3) is 5.76 Å². The molecule has 1 N–H and O–H groups in total. The molecule has 0 aliphatic carbocycles. The van der Waals surface area contributed by atoms with Crippen molar-refractivity contribution in [1.82, 2.24) is 4.90 Å². The molecule has 1 aromatic carbocycles. The first kappa shape index (κ1) is 19.1. The first-order valence-corrected chi connectivity index (χ1v) is 10.8. The van der Waals surface area contributed by atoms with E-state index in [0.717, 1.165) is 17.7 Å². The fraction of sp³-hybridized carbons (Fsp3) is 0.364. The second-order valence-electron chi connectivity index (χ2n) is 7.46. The summed E-state index contributed by atoms with van der Waals surface area (Å²) in [7, 11) is 0. The molecule has 7 nitrogen and oxygen atoms in total. The Morgan fingerprint density at radius 1 is 1.13 bits per heavy atom. The second kappa shape index (κ2) is 7.77. The number of likely N-dealkylation sites (tertiary alicyclic amines) is 1. The lowest BCUT2D eigenvalue weighted by Gasteiger charge is -2.26. The third kappa shape index (κ3) is 3.26. The number of hydrogen-bond donors (Lipinski definition) is 1. The minimum Gasteiger partial charge on any atom is -0.507 e. The highest BCUT2D eigenvalue weighted by atomic mass is 32.1. The van der Waals surface area contributed by atoms with Gasteiger partial charge in [0.25, 0.3) is 11.7 Å². The fourth-order valence-electron chi connectivity index (χ4n) is 4.16. The van der Waals surface area contributed by atoms with E-state index >= 15 is 0 Å². The Kier molecular flexibility index (Phi) is 4.96. The molecule has 0 unspecified atom stereocenters. The van der Waals surface area contributed by atoms with Crippen molar-refractivity contribution in [1.29, 1.82) is 0 Å². The van der Waals surface area contributed by atoms with Crippen LogP contribution in [0.2, 0.25) is 0 Å². The zero-order valence-electron chi connectivity index (χ0n) is 16.2. The molecule has 1 aromatic heterocycles. The number of amides is 1. The van der Waals surface area contributed by atoms with Gasteiger partial charge in [0.1, 0.15) is 19.0 Å². The largest absolute Gasteiger partial charge is 0.507 e. The highest BCUT2D eigenvalue weighted by Crippen LogP contribution is 2.42. The van der Waals surface area contributed by atoms with Crippen LogP contribution in [-0.2, 0) is 14.3 Å². The molecule has 2 aromatic rings. The van der Waals surface area contributed by atoms with Crippen LogP contribution in [0.4, 0.5) is 0 Å². The highest BCUT2D eigenvalue weighted by Gasteiger charge is 2.47. The Bertz CT molecular complexity index is 1010. The Morgan fingerprint density at radius 2 is 1.97 bits per heavy atom. The molecule has 0 radical (unpaired) electrons. The van der Waals surface area contributed by atoms with Gasteiger partial charge in [-0.15, -0.1) is 11.3 Å². The number of ether oxygens (including phenoxy) is 3. The highest BCUT2D eigenvalue weighted by molar-refractivity contribution is 7.10. The van der Waals surface area contributed by atoms with Gasteiger partial charge in [0.2, 0.25) is 0 Å². The molecule has 156 valence electrons. The van der Waals surface area contributed by atoms with E-state index in [0.29, 0.717) is 43.4 Å². The van der Waals surface area contributed by atoms with Gasteiger partial charge in [-0.1, -0.05) is 6.07 Å². The Balaban J connectivity index is 1.57. The molecule has 2 atom stereocenters. The molecule has 8 heteroatoms. The topological polar surface area (TPSA) is 85.3 Å². The lowest BCUT2D eigenvalue weighted by molar-refractivity contribution is -0.140. The third-order valence-corrected chi connectivity index (χ3v) is 6.52. The molecule has 4 heterocycles. The maximum atomic E-state index is 13.0. The van der Waals surface area contributed by atoms with Crippen molar-refractivity contribution < 1.29 is 28.9 Å². The molecule has 2 saturated heterocycles. The minimum absolute atomic E-state index is 0.0946. The number of rotatable bonds is 4. The zero-order valence-corrected chi connectivity index (χ0v) is 17.0. The van der Waals surface area contributed by atoms with E-state index in [1.807, 2.05) is 17.5 Å². The molecule has 1 amide bonds. The van der Waals surface area contributed by atoms with Gasteiger partial charge in [0.05, 0.1) is 17.7 Å². The molecule has 2 fully saturated rings. The van der Waals surface area contributed by atoms with Gasteiger partial charge in [-0.05, 0) is 42.5 Å². The molecular weight excluding hydrogens is 406 g/mol. The normalized spacial score (nSPS) is 25.1. The van der Waals surface area contributed by atoms with Crippen LogP contribution in [0, 0.1) is 0 Å². The van der Waals surface area contributed by atoms with E-state index in [1.54, 1.807) is 18.2 Å². The Morgan fingerprint density at radius 3 is 2.70 bits per heavy atom. The maximum Gasteiger partial charge on any atom is 0.295 e. The number of aliphatic hydroxyl groups is 1. The van der Waals surface area contributed by atoms with Gasteiger partial charge in [-0.2, -0.15) is 0 Å². The van der Waals surface area contributed by atoms with Crippen molar-refractivity contribution in [3.63, 3.8) is 0 Å². The predicted octanol–water partition coefficient (Wildman–Crippen LogP) is 3.12. The van der Waals surface area contributed by atoms with Crippen LogP contribution in [0.5, 0.6) is 11.5 Å². The first-order valence-electron chi connectivity index (χ1n) is 9.97. The standard InChI is InChI=1S/C22H21NO6S/c24-20(13-5-6-15-16(11-13)29-9-8-28-15)18-19(17-4-2-10-30-17)23(22(26)21(18)25)12-14-3-1-7-27-14/h2,4-6,10-11,14,19,24H,1,3,7-9,12H2/t14-,19-/m0/s1. The third-order valence-electron chi connectivity index (χ3n) is 5.59. The number of ketones is 1. The van der Waals surface area contributed by atoms with Crippen LogP contribution in [0.15, 0.2) is 41.3 Å². The van der Waals surface area contributed by atoms with Crippen LogP contribution < -0.4 is 9.47 Å². The van der Waals surface area contributed by atoms with Gasteiger partial charge in [0, 0.05) is 23.6 Å². The van der Waals surface area contributed by atoms with Gasteiger partial charge in [-0.3, -0.25) is 9.59 Å². The summed E-state index contributed by atoms with van der Waals surface area (Å²) in [4.78, 5) is 28.3. The number of thiophene rings is 1. The van der Waals surface area contributed by atoms with Crippen molar-refractivity contribution in [2.24, 2.45) is 0 Å². The van der Waals surface area contributed by atoms with Crippen molar-refractivity contribution in [2.75, 3.05) is 26.4 Å². The van der Waals surface area contributed by atoms with Crippen LogP contribution in [0.3, 0.4) is 0 Å². The smallest absolute Gasteiger partial charge is 0.295 e. The van der Waals surface area contributed by atoms with E-state index in [-0.39, 0.29) is 17.4 Å². The van der Waals surface area contributed by atoms with Crippen LogP contribution in [0.1, 0.15) is 29.3 Å². The minimum atomic E-state index is -0.682. The van der Waals surface area contributed by atoms with Crippen molar-refractivity contribution in [3.05, 3.63) is 51.7 Å². The van der Waals surface area contributed by atoms with Crippen molar-refractivity contribution >= 4 is 28.8 Å². The Hall–Kier alpha value is -2.84. The summed E-state index contributed by atoms with van der Waals surface area (Å²) in [6, 6.07) is 8.12. The summed E-state index contributed by atoms with van der Waals surface area (Å²) in [5.74, 6) is -0.404. The predicted molar refractivity (Wildman–Crippen MR) is 110 cm³/mol. The summed E-state index contributed by atoms with van der Waals surface area (Å²) in [5, 5.41) is 13.0. The number of benzene rings is 1. The number of carbonyl (C=O) groups excluding carboxylic acids is 2. The summed E-state index contributed by atoms with van der Waals surface area (Å²) in [6.45, 7) is 1.86. The lowest BCUT2D eigenvalue weighted by Crippen LogP contribution is -2.36. The summed E-state index contributed by atoms with van der Waals surface area (Å²) < 4.78 is 16.8. The monoisotopic (exact) mass is 427 g/mol. The lowest BCUT2D eigenvalue weighted by atomic mass is 9.99. The first-order chi connectivity index (χ1) is 14.6. The van der Waals surface area contributed by atoms with E-state index in [1.165, 1.54) is 16.2 Å². The van der Waals surface area contributed by atoms with Gasteiger partial charge < -0.3 is 24.2 Å². The summed E-state index contributed by atoms with van der Waals surface area (Å²) >= 11 is 1.45. The van der Waals surface area contributed by atoms with E-state index < -0.39 is 17.7 Å². The average Bonchev–Trinajstić information content (AvgIpc) is 3.52. The number of nitrogens with zero attached hydrogens (tertiary/aromatic N) is 1. The molecule has 3 aliphatic heterocycles. The van der Waals surface area contributed by atoms with Crippen LogP contribution >= 0.6 is 11.3 Å². The molecular formula is C22H21NO6S. The Labute approximate surface area is 177 Å². The summed E-state index contributed by atoms with van der Waals surface area (Å²) in [6.07, 6.45) is 1.69. The van der Waals surface area contributed by atoms with Gasteiger partial charge >= 0.3 is 0 Å². The number of aliphatic hydroxyl groups excluding tert-OH is 1. The molecule has 30 heavy (non-hydrogen) atoms. The van der Waals surface area contributed by atoms with Crippen molar-refractivity contribution in [2.45, 2.75) is 25.0 Å². The van der Waals surface area contributed by atoms with Gasteiger partial charge in [-0.25, -0.2) is 0 Å². The van der Waals surface area contributed by atoms with Gasteiger partial charge in [0.15, 0.2) is 11.5 Å². The number of Topliss-reactive ketones (excluding diaryl/α,β-unsaturated/α-hetero) is 1. The quantitative estimate of drug-likeness (QED) is 0.459. The number of carbonyl (C=O) groups is 2. The summed E-state index contributed by atoms with van der Waals surface area (Å²) in [5.41, 5.74) is 0.507. The maximum absolute atomic E-state index is 13.0. The zero-order chi connectivity index (χ0) is 20.7. The second-order valence-corrected chi connectivity index (χ2v) is 8.44. The van der Waals surface area contributed by atoms with Crippen molar-refractivity contribution in [3.8, 4) is 11.5 Å². The molecule has 0 bridgehead atoms. The average molecular weight is 427 g/mol.